The summed E-state index contributed by atoms with van der Waals surface area (Å²) in [5, 5.41) is 3.23. The topological polar surface area (TPSA) is 55.4 Å². The molecule has 0 spiro atoms. The van der Waals surface area contributed by atoms with Crippen molar-refractivity contribution >= 4 is 15.5 Å². The summed E-state index contributed by atoms with van der Waals surface area (Å²) >= 11 is 0. The van der Waals surface area contributed by atoms with Crippen LogP contribution in [-0.4, -0.2) is 32.6 Å². The second-order valence-electron chi connectivity index (χ2n) is 4.88. The summed E-state index contributed by atoms with van der Waals surface area (Å²) in [4.78, 5) is 0. The highest BCUT2D eigenvalue weighted by atomic mass is 32.2. The largest absolute Gasteiger partial charge is 0.491 e. The Balaban J connectivity index is 2.43. The molecule has 1 rings (SSSR count). The fourth-order valence-corrected chi connectivity index (χ4v) is 2.54. The minimum atomic E-state index is -2.87. The first-order valence-electron chi connectivity index (χ1n) is 7.18. The highest BCUT2D eigenvalue weighted by Crippen LogP contribution is 2.19. The molecule has 1 unspecified atom stereocenters. The number of sulfone groups is 1. The third-order valence-corrected chi connectivity index (χ3v) is 4.94. The van der Waals surface area contributed by atoms with E-state index in [1.54, 1.807) is 6.92 Å². The molecule has 0 aromatic heterocycles. The third kappa shape index (κ3) is 6.28. The molecule has 0 bridgehead atoms. The van der Waals surface area contributed by atoms with Crippen molar-refractivity contribution in [2.24, 2.45) is 0 Å². The maximum atomic E-state index is 11.4. The van der Waals surface area contributed by atoms with Gasteiger partial charge in [-0.1, -0.05) is 19.9 Å². The molecule has 114 valence electrons. The van der Waals surface area contributed by atoms with Gasteiger partial charge in [-0.2, -0.15) is 0 Å². The second kappa shape index (κ2) is 8.15. The zero-order valence-corrected chi connectivity index (χ0v) is 13.4. The van der Waals surface area contributed by atoms with E-state index in [9.17, 15) is 8.42 Å². The molecule has 0 heterocycles. The van der Waals surface area contributed by atoms with Crippen molar-refractivity contribution in [3.05, 3.63) is 24.3 Å². The van der Waals surface area contributed by atoms with Crippen LogP contribution in [-0.2, 0) is 9.84 Å². The van der Waals surface area contributed by atoms with Crippen molar-refractivity contribution in [2.75, 3.05) is 23.4 Å². The molecular formula is C15H25NO3S. The van der Waals surface area contributed by atoms with Gasteiger partial charge in [-0.3, -0.25) is 0 Å². The van der Waals surface area contributed by atoms with Crippen molar-refractivity contribution in [3.63, 3.8) is 0 Å². The van der Waals surface area contributed by atoms with Crippen molar-refractivity contribution in [1.82, 2.24) is 0 Å². The number of anilines is 1. The summed E-state index contributed by atoms with van der Waals surface area (Å²) in [6.45, 7) is 6.45. The molecule has 1 aromatic rings. The lowest BCUT2D eigenvalue weighted by Gasteiger charge is -2.14. The summed E-state index contributed by atoms with van der Waals surface area (Å²) < 4.78 is 28.5. The summed E-state index contributed by atoms with van der Waals surface area (Å²) in [7, 11) is -2.87. The molecule has 0 aliphatic rings. The van der Waals surface area contributed by atoms with Gasteiger partial charge in [0.25, 0.3) is 0 Å². The number of rotatable bonds is 9. The van der Waals surface area contributed by atoms with Crippen molar-refractivity contribution < 1.29 is 13.2 Å². The van der Waals surface area contributed by atoms with Gasteiger partial charge in [0.05, 0.1) is 11.9 Å². The van der Waals surface area contributed by atoms with Crippen molar-refractivity contribution in [3.8, 4) is 5.75 Å². The molecule has 1 aromatic carbocycles. The molecular weight excluding hydrogens is 274 g/mol. The molecule has 0 saturated carbocycles. The molecule has 0 amide bonds. The van der Waals surface area contributed by atoms with E-state index in [2.05, 4.69) is 12.2 Å². The lowest BCUT2D eigenvalue weighted by atomic mass is 10.2. The molecule has 1 atom stereocenters. The molecule has 0 fully saturated rings. The predicted molar refractivity (Wildman–Crippen MR) is 84.3 cm³/mol. The van der Waals surface area contributed by atoms with Crippen molar-refractivity contribution in [1.29, 1.82) is 0 Å². The molecule has 0 aliphatic heterocycles. The molecule has 0 radical (unpaired) electrons. The van der Waals surface area contributed by atoms with Crippen LogP contribution in [0.4, 0.5) is 5.69 Å². The molecule has 4 nitrogen and oxygen atoms in total. The Hall–Kier alpha value is -1.23. The Morgan fingerprint density at radius 2 is 2.05 bits per heavy atom. The van der Waals surface area contributed by atoms with E-state index in [1.807, 2.05) is 31.2 Å². The molecule has 0 saturated heterocycles. The van der Waals surface area contributed by atoms with Gasteiger partial charge in [0.15, 0.2) is 0 Å². The average Bonchev–Trinajstić information content (AvgIpc) is 2.44. The van der Waals surface area contributed by atoms with Crippen LogP contribution in [0, 0.1) is 0 Å². The Morgan fingerprint density at radius 1 is 1.30 bits per heavy atom. The molecule has 5 heteroatoms. The normalized spacial score (nSPS) is 12.9. The predicted octanol–water partition coefficient (Wildman–Crippen LogP) is 3.10. The van der Waals surface area contributed by atoms with E-state index in [0.717, 1.165) is 17.9 Å². The van der Waals surface area contributed by atoms with Crippen LogP contribution in [0.25, 0.3) is 0 Å². The number of nitrogens with one attached hydrogen (secondary N) is 1. The van der Waals surface area contributed by atoms with Gasteiger partial charge in [-0.05, 0) is 31.9 Å². The Kier molecular flexibility index (Phi) is 6.85. The first-order chi connectivity index (χ1) is 9.46. The fourth-order valence-electron chi connectivity index (χ4n) is 1.66. The fraction of sp³-hybridized carbons (Fsp3) is 0.600. The van der Waals surface area contributed by atoms with Crippen LogP contribution in [0.15, 0.2) is 24.3 Å². The van der Waals surface area contributed by atoms with Crippen LogP contribution >= 0.6 is 0 Å². The smallest absolute Gasteiger partial charge is 0.150 e. The highest BCUT2D eigenvalue weighted by Gasteiger charge is 2.06. The third-order valence-electron chi connectivity index (χ3n) is 3.15. The first kappa shape index (κ1) is 16.8. The van der Waals surface area contributed by atoms with Crippen molar-refractivity contribution in [2.45, 2.75) is 39.7 Å². The van der Waals surface area contributed by atoms with Crippen LogP contribution in [0.1, 0.15) is 33.6 Å². The van der Waals surface area contributed by atoms with Crippen LogP contribution in [0.2, 0.25) is 0 Å². The Labute approximate surface area is 122 Å². The van der Waals surface area contributed by atoms with E-state index < -0.39 is 9.84 Å². The standard InChI is InChI=1S/C15H25NO3S/c1-4-13(3)19-15-9-6-8-14(12-15)16-10-7-11-20(17,18)5-2/h6,8-9,12-13,16H,4-5,7,10-11H2,1-3H3. The van der Waals surface area contributed by atoms with Gasteiger partial charge >= 0.3 is 0 Å². The quantitative estimate of drug-likeness (QED) is 0.712. The number of ether oxygens (including phenoxy) is 1. The number of hydrogen-bond acceptors (Lipinski definition) is 4. The second-order valence-corrected chi connectivity index (χ2v) is 7.35. The monoisotopic (exact) mass is 299 g/mol. The number of benzene rings is 1. The van der Waals surface area contributed by atoms with Crippen LogP contribution < -0.4 is 10.1 Å². The van der Waals surface area contributed by atoms with Gasteiger partial charge in [-0.15, -0.1) is 0 Å². The summed E-state index contributed by atoms with van der Waals surface area (Å²) in [6, 6.07) is 7.76. The van der Waals surface area contributed by atoms with Crippen LogP contribution in [0.5, 0.6) is 5.75 Å². The number of hydrogen-bond donors (Lipinski definition) is 1. The van der Waals surface area contributed by atoms with Gasteiger partial charge in [0.2, 0.25) is 0 Å². The molecule has 0 aliphatic carbocycles. The van der Waals surface area contributed by atoms with E-state index in [0.29, 0.717) is 13.0 Å². The lowest BCUT2D eigenvalue weighted by molar-refractivity contribution is 0.217. The van der Waals surface area contributed by atoms with E-state index in [4.69, 9.17) is 4.74 Å². The van der Waals surface area contributed by atoms with E-state index >= 15 is 0 Å². The zero-order chi connectivity index (χ0) is 15.0. The van der Waals surface area contributed by atoms with E-state index in [1.165, 1.54) is 0 Å². The maximum absolute atomic E-state index is 11.4. The molecule has 1 N–H and O–H groups in total. The lowest BCUT2D eigenvalue weighted by Crippen LogP contribution is -2.13. The van der Waals surface area contributed by atoms with Crippen LogP contribution in [0.3, 0.4) is 0 Å². The minimum absolute atomic E-state index is 0.194. The minimum Gasteiger partial charge on any atom is -0.491 e. The Bertz CT molecular complexity index is 500. The Morgan fingerprint density at radius 3 is 2.70 bits per heavy atom. The zero-order valence-electron chi connectivity index (χ0n) is 12.6. The van der Waals surface area contributed by atoms with Gasteiger partial charge in [0, 0.05) is 24.1 Å². The first-order valence-corrected chi connectivity index (χ1v) is 9.00. The summed E-state index contributed by atoms with van der Waals surface area (Å²) in [5.41, 5.74) is 0.958. The van der Waals surface area contributed by atoms with E-state index in [-0.39, 0.29) is 17.6 Å². The van der Waals surface area contributed by atoms with Gasteiger partial charge in [0.1, 0.15) is 15.6 Å². The summed E-state index contributed by atoms with van der Waals surface area (Å²) in [6.07, 6.45) is 1.78. The van der Waals surface area contributed by atoms with Gasteiger partial charge in [-0.25, -0.2) is 8.42 Å². The highest BCUT2D eigenvalue weighted by molar-refractivity contribution is 7.91. The van der Waals surface area contributed by atoms with Gasteiger partial charge < -0.3 is 10.1 Å². The summed E-state index contributed by atoms with van der Waals surface area (Å²) in [5.74, 6) is 1.29. The molecule has 20 heavy (non-hydrogen) atoms. The average molecular weight is 299 g/mol. The SMILES string of the molecule is CCC(C)Oc1cccc(NCCCS(=O)(=O)CC)c1. The maximum Gasteiger partial charge on any atom is 0.150 e.